The van der Waals surface area contributed by atoms with Crippen LogP contribution in [0.5, 0.6) is 0 Å². The fourth-order valence-electron chi connectivity index (χ4n) is 0.195. The van der Waals surface area contributed by atoms with Gasteiger partial charge in [-0.2, -0.15) is 0 Å². The van der Waals surface area contributed by atoms with Crippen molar-refractivity contribution in [2.75, 3.05) is 6.16 Å². The number of halogens is 1. The molecule has 0 aromatic heterocycles. The van der Waals surface area contributed by atoms with Gasteiger partial charge < -0.3 is 10.00 Å². The average Bonchev–Trinajstić information content (AvgIpc) is 1.63. The Bertz CT molecular complexity index is 155. The molecule has 0 aromatic carbocycles. The largest absolute Gasteiger partial charge is 0.481 e. The van der Waals surface area contributed by atoms with Gasteiger partial charge >= 0.3 is 13.6 Å². The summed E-state index contributed by atoms with van der Waals surface area (Å²) >= 11 is 0. The summed E-state index contributed by atoms with van der Waals surface area (Å²) in [5, 5.41) is 7.80. The van der Waals surface area contributed by atoms with Gasteiger partial charge in [0.15, 0.2) is 0 Å². The topological polar surface area (TPSA) is 83.8 Å². The average molecular weight is 158 g/mol. The highest BCUT2D eigenvalue weighted by atomic mass is 31.2. The molecule has 0 aliphatic carbocycles. The lowest BCUT2D eigenvalue weighted by Crippen LogP contribution is -2.02. The van der Waals surface area contributed by atoms with Gasteiger partial charge in [0.25, 0.3) is 0 Å². The van der Waals surface area contributed by atoms with E-state index in [-0.39, 0.29) is 0 Å². The van der Waals surface area contributed by atoms with Gasteiger partial charge in [-0.25, -0.2) is 0 Å². The van der Waals surface area contributed by atoms with E-state index in [0.29, 0.717) is 0 Å². The van der Waals surface area contributed by atoms with Crippen LogP contribution in [-0.2, 0) is 14.1 Å². The van der Waals surface area contributed by atoms with Crippen molar-refractivity contribution in [2.24, 2.45) is 0 Å². The van der Waals surface area contributed by atoms with E-state index in [2.05, 4.69) is 4.73 Å². The molecule has 0 rings (SSSR count). The zero-order valence-electron chi connectivity index (χ0n) is 4.15. The second-order valence-electron chi connectivity index (χ2n) is 1.26. The summed E-state index contributed by atoms with van der Waals surface area (Å²) in [5.74, 6) is -1.58. The first kappa shape index (κ1) is 8.55. The van der Waals surface area contributed by atoms with E-state index in [1.165, 1.54) is 0 Å². The third-order valence-electron chi connectivity index (χ3n) is 0.443. The number of aliphatic carboxylic acids is 1. The van der Waals surface area contributed by atoms with Crippen LogP contribution in [-0.4, -0.2) is 22.1 Å². The molecule has 0 fully saturated rings. The van der Waals surface area contributed by atoms with Crippen LogP contribution in [0.3, 0.4) is 0 Å². The molecular formula is C2H4FO5P. The lowest BCUT2D eigenvalue weighted by atomic mass is 10.8. The van der Waals surface area contributed by atoms with Crippen LogP contribution in [0.4, 0.5) is 4.53 Å². The van der Waals surface area contributed by atoms with Gasteiger partial charge in [0.05, 0.1) is 0 Å². The molecular weight excluding hydrogens is 154 g/mol. The molecule has 0 aliphatic rings. The third-order valence-corrected chi connectivity index (χ3v) is 1.33. The first-order valence-corrected chi connectivity index (χ1v) is 3.58. The van der Waals surface area contributed by atoms with Crippen molar-refractivity contribution in [3.8, 4) is 0 Å². The molecule has 2 N–H and O–H groups in total. The molecule has 5 nitrogen and oxygen atoms in total. The predicted molar refractivity (Wildman–Crippen MR) is 24.5 cm³/mol. The van der Waals surface area contributed by atoms with Crippen LogP contribution in [0.2, 0.25) is 0 Å². The van der Waals surface area contributed by atoms with Gasteiger partial charge in [-0.15, -0.1) is 4.73 Å². The van der Waals surface area contributed by atoms with Crippen LogP contribution >= 0.6 is 7.60 Å². The molecule has 9 heavy (non-hydrogen) atoms. The number of hydrogen-bond donors (Lipinski definition) is 2. The van der Waals surface area contributed by atoms with Crippen molar-refractivity contribution in [3.63, 3.8) is 0 Å². The van der Waals surface area contributed by atoms with Gasteiger partial charge in [-0.3, -0.25) is 9.36 Å². The third kappa shape index (κ3) is 4.08. The maximum absolute atomic E-state index is 10.9. The van der Waals surface area contributed by atoms with Crippen LogP contribution in [0.1, 0.15) is 0 Å². The second kappa shape index (κ2) is 2.91. The van der Waals surface area contributed by atoms with Crippen LogP contribution in [0, 0.1) is 0 Å². The number of carboxylic acids is 1. The lowest BCUT2D eigenvalue weighted by molar-refractivity contribution is -0.134. The standard InChI is InChI=1S/C2H4FO5P/c3-8-9(6,7)1-2(4)5/h1H2,(H,4,5)(H,6,7). The Balaban J connectivity index is 3.88. The summed E-state index contributed by atoms with van der Waals surface area (Å²) in [7, 11) is -4.50. The number of hydrogen-bond acceptors (Lipinski definition) is 3. The van der Waals surface area contributed by atoms with Gasteiger partial charge in [0.2, 0.25) is 0 Å². The summed E-state index contributed by atoms with van der Waals surface area (Å²) in [6.07, 6.45) is -1.22. The van der Waals surface area contributed by atoms with Crippen molar-refractivity contribution < 1.29 is 28.6 Å². The molecule has 0 aromatic rings. The fourth-order valence-corrected chi connectivity index (χ4v) is 0.586. The summed E-state index contributed by atoms with van der Waals surface area (Å²) < 4.78 is 23.3. The van der Waals surface area contributed by atoms with E-state index < -0.39 is 19.7 Å². The SMILES string of the molecule is O=C(O)CP(=O)(O)OF. The van der Waals surface area contributed by atoms with Crippen molar-refractivity contribution in [2.45, 2.75) is 0 Å². The Kier molecular flexibility index (Phi) is 2.76. The number of carboxylic acid groups (broad SMARTS) is 1. The molecule has 0 saturated carbocycles. The predicted octanol–water partition coefficient (Wildman–Crippen LogP) is 0.157. The Morgan fingerprint density at radius 1 is 1.78 bits per heavy atom. The van der Waals surface area contributed by atoms with Gasteiger partial charge in [0.1, 0.15) is 6.16 Å². The highest BCUT2D eigenvalue weighted by Crippen LogP contribution is 2.41. The van der Waals surface area contributed by atoms with Crippen molar-refractivity contribution in [1.82, 2.24) is 0 Å². The summed E-state index contributed by atoms with van der Waals surface area (Å²) in [6, 6.07) is 0. The van der Waals surface area contributed by atoms with E-state index >= 15 is 0 Å². The zero-order chi connectivity index (χ0) is 7.49. The van der Waals surface area contributed by atoms with Gasteiger partial charge in [-0.05, 0) is 4.53 Å². The van der Waals surface area contributed by atoms with Crippen LogP contribution in [0.25, 0.3) is 0 Å². The molecule has 0 amide bonds. The Hall–Kier alpha value is -0.450. The number of rotatable bonds is 3. The van der Waals surface area contributed by atoms with Crippen LogP contribution < -0.4 is 0 Å². The van der Waals surface area contributed by atoms with E-state index in [4.69, 9.17) is 10.00 Å². The minimum atomic E-state index is -4.50. The minimum Gasteiger partial charge on any atom is -0.481 e. The molecule has 0 radical (unpaired) electrons. The Morgan fingerprint density at radius 2 is 2.22 bits per heavy atom. The molecule has 0 saturated heterocycles. The molecule has 0 heterocycles. The van der Waals surface area contributed by atoms with Crippen molar-refractivity contribution in [1.29, 1.82) is 0 Å². The lowest BCUT2D eigenvalue weighted by Gasteiger charge is -1.98. The molecule has 0 spiro atoms. The highest BCUT2D eigenvalue weighted by Gasteiger charge is 2.24. The Morgan fingerprint density at radius 3 is 2.33 bits per heavy atom. The first-order valence-electron chi connectivity index (χ1n) is 1.82. The second-order valence-corrected chi connectivity index (χ2v) is 2.99. The van der Waals surface area contributed by atoms with Crippen molar-refractivity contribution in [3.05, 3.63) is 0 Å². The maximum atomic E-state index is 10.9. The quantitative estimate of drug-likeness (QED) is 0.571. The highest BCUT2D eigenvalue weighted by molar-refractivity contribution is 7.53. The normalized spacial score (nSPS) is 16.7. The van der Waals surface area contributed by atoms with E-state index in [0.717, 1.165) is 0 Å². The molecule has 0 bridgehead atoms. The summed E-state index contributed by atoms with van der Waals surface area (Å²) in [4.78, 5) is 17.7. The van der Waals surface area contributed by atoms with E-state index in [1.54, 1.807) is 0 Å². The zero-order valence-corrected chi connectivity index (χ0v) is 5.05. The monoisotopic (exact) mass is 158 g/mol. The Labute approximate surface area is 49.5 Å². The van der Waals surface area contributed by atoms with E-state index in [9.17, 15) is 13.9 Å². The molecule has 1 unspecified atom stereocenters. The smallest absolute Gasteiger partial charge is 0.372 e. The summed E-state index contributed by atoms with van der Waals surface area (Å²) in [6.45, 7) is 0. The maximum Gasteiger partial charge on any atom is 0.372 e. The van der Waals surface area contributed by atoms with E-state index in [1.807, 2.05) is 0 Å². The van der Waals surface area contributed by atoms with Crippen molar-refractivity contribution >= 4 is 13.6 Å². The molecule has 1 atom stereocenters. The molecule has 7 heteroatoms. The van der Waals surface area contributed by atoms with Crippen LogP contribution in [0.15, 0.2) is 0 Å². The van der Waals surface area contributed by atoms with Gasteiger partial charge in [-0.1, -0.05) is 0 Å². The molecule has 54 valence electrons. The minimum absolute atomic E-state index is 1.22. The molecule has 0 aliphatic heterocycles. The first-order chi connectivity index (χ1) is 3.98. The summed E-state index contributed by atoms with van der Waals surface area (Å²) in [5.41, 5.74) is 0. The van der Waals surface area contributed by atoms with Gasteiger partial charge in [0, 0.05) is 0 Å². The fraction of sp³-hybridized carbons (Fsp3) is 0.500. The number of carbonyl (C=O) groups is 1.